The van der Waals surface area contributed by atoms with Gasteiger partial charge in [0.05, 0.1) is 12.4 Å². The van der Waals surface area contributed by atoms with Gasteiger partial charge in [0, 0.05) is 0 Å². The van der Waals surface area contributed by atoms with Crippen LogP contribution in [0, 0.1) is 0 Å². The lowest BCUT2D eigenvalue weighted by atomic mass is 10.5. The molecule has 0 aliphatic heterocycles. The molecule has 0 aromatic carbocycles. The Labute approximate surface area is 76.4 Å². The zero-order valence-corrected chi connectivity index (χ0v) is 6.91. The summed E-state index contributed by atoms with van der Waals surface area (Å²) in [7, 11) is 0. The van der Waals surface area contributed by atoms with Gasteiger partial charge in [-0.25, -0.2) is 9.97 Å². The molecule has 0 radical (unpaired) electrons. The lowest BCUT2D eigenvalue weighted by molar-refractivity contribution is 1.01. The Balaban J connectivity index is 2.88. The van der Waals surface area contributed by atoms with Crippen LogP contribution in [0.5, 0.6) is 0 Å². The van der Waals surface area contributed by atoms with Crippen LogP contribution >= 0.6 is 0 Å². The highest BCUT2D eigenvalue weighted by atomic mass is 16.1. The Morgan fingerprint density at radius 1 is 0.857 bits per heavy atom. The Hall–Kier alpha value is -2.24. The van der Waals surface area contributed by atoms with Gasteiger partial charge >= 0.3 is 0 Å². The first-order valence-corrected chi connectivity index (χ1v) is 3.93. The predicted molar refractivity (Wildman–Crippen MR) is 47.7 cm³/mol. The molecule has 3 heterocycles. The fourth-order valence-corrected chi connectivity index (χ4v) is 1.48. The average Bonchev–Trinajstić information content (AvgIpc) is 2.82. The molecule has 0 aliphatic rings. The number of fused-ring (bicyclic) bond motifs is 2. The molecule has 6 heteroatoms. The molecule has 6 nitrogen and oxygen atoms in total. The molecule has 0 saturated carbocycles. The van der Waals surface area contributed by atoms with Crippen LogP contribution in [0.2, 0.25) is 0 Å². The maximum Gasteiger partial charge on any atom is 0.282 e. The Morgan fingerprint density at radius 3 is 1.71 bits per heavy atom. The first kappa shape index (κ1) is 7.19. The maximum atomic E-state index is 11.7. The van der Waals surface area contributed by atoms with E-state index >= 15 is 0 Å². The maximum absolute atomic E-state index is 11.7. The summed E-state index contributed by atoms with van der Waals surface area (Å²) in [5.41, 5.74) is -0.0369. The minimum absolute atomic E-state index is 0.264. The SMILES string of the molecule is O=c1c2cncn2c(=O)c2cncn12. The van der Waals surface area contributed by atoms with Crippen LogP contribution in [0.4, 0.5) is 0 Å². The van der Waals surface area contributed by atoms with E-state index in [1.165, 1.54) is 33.8 Å². The molecule has 0 bridgehead atoms. The molecular formula is C8H4N4O2. The van der Waals surface area contributed by atoms with Gasteiger partial charge in [-0.05, 0) is 0 Å². The van der Waals surface area contributed by atoms with Gasteiger partial charge in [-0.15, -0.1) is 0 Å². The second-order valence-electron chi connectivity index (χ2n) is 2.91. The van der Waals surface area contributed by atoms with Crippen molar-refractivity contribution in [3.63, 3.8) is 0 Å². The van der Waals surface area contributed by atoms with Crippen LogP contribution in [0.25, 0.3) is 11.0 Å². The predicted octanol–water partition coefficient (Wildman–Crippen LogP) is -0.860. The molecule has 0 N–H and O–H groups in total. The highest BCUT2D eigenvalue weighted by Crippen LogP contribution is 1.95. The van der Waals surface area contributed by atoms with E-state index in [0.717, 1.165) is 0 Å². The van der Waals surface area contributed by atoms with E-state index in [1.54, 1.807) is 0 Å². The second kappa shape index (κ2) is 2.16. The quantitative estimate of drug-likeness (QED) is 0.460. The summed E-state index contributed by atoms with van der Waals surface area (Å²) in [6.07, 6.45) is 5.38. The molecule has 3 aromatic rings. The Morgan fingerprint density at radius 2 is 1.29 bits per heavy atom. The standard InChI is InChI=1S/C8H4N4O2/c13-7-5-1-9-3-11(5)8(14)6-2-10-4-12(6)7/h1-4H. The van der Waals surface area contributed by atoms with Crippen LogP contribution in [-0.4, -0.2) is 18.8 Å². The Kier molecular flexibility index (Phi) is 1.11. The van der Waals surface area contributed by atoms with E-state index < -0.39 is 0 Å². The van der Waals surface area contributed by atoms with Gasteiger partial charge in [0.25, 0.3) is 11.1 Å². The summed E-state index contributed by atoms with van der Waals surface area (Å²) in [4.78, 5) is 30.9. The van der Waals surface area contributed by atoms with Crippen molar-refractivity contribution in [3.8, 4) is 0 Å². The van der Waals surface area contributed by atoms with Gasteiger partial charge in [0.1, 0.15) is 23.7 Å². The van der Waals surface area contributed by atoms with Gasteiger partial charge in [-0.2, -0.15) is 0 Å². The average molecular weight is 188 g/mol. The summed E-state index contributed by atoms with van der Waals surface area (Å²) >= 11 is 0. The van der Waals surface area contributed by atoms with Crippen molar-refractivity contribution < 1.29 is 0 Å². The van der Waals surface area contributed by atoms with Gasteiger partial charge in [0.2, 0.25) is 0 Å². The summed E-state index contributed by atoms with van der Waals surface area (Å²) in [6, 6.07) is 0. The normalized spacial score (nSPS) is 11.4. The number of hydrogen-bond acceptors (Lipinski definition) is 4. The largest absolute Gasteiger partial charge is 0.282 e. The minimum Gasteiger partial charge on any atom is -0.266 e. The number of rotatable bonds is 0. The van der Waals surface area contributed by atoms with E-state index in [2.05, 4.69) is 9.97 Å². The molecule has 3 aromatic heterocycles. The third kappa shape index (κ3) is 0.657. The smallest absolute Gasteiger partial charge is 0.266 e. The molecule has 0 amide bonds. The summed E-state index contributed by atoms with van der Waals surface area (Å²) in [5, 5.41) is 0. The van der Waals surface area contributed by atoms with E-state index in [4.69, 9.17) is 0 Å². The number of hydrogen-bond donors (Lipinski definition) is 0. The molecule has 0 spiro atoms. The van der Waals surface area contributed by atoms with E-state index in [1.807, 2.05) is 0 Å². The highest BCUT2D eigenvalue weighted by molar-refractivity contribution is 5.51. The zero-order chi connectivity index (χ0) is 9.71. The van der Waals surface area contributed by atoms with Crippen molar-refractivity contribution in [2.24, 2.45) is 0 Å². The fourth-order valence-electron chi connectivity index (χ4n) is 1.48. The van der Waals surface area contributed by atoms with Gasteiger partial charge < -0.3 is 0 Å². The van der Waals surface area contributed by atoms with Crippen molar-refractivity contribution in [2.75, 3.05) is 0 Å². The molecule has 14 heavy (non-hydrogen) atoms. The van der Waals surface area contributed by atoms with E-state index in [-0.39, 0.29) is 22.2 Å². The third-order valence-corrected chi connectivity index (χ3v) is 2.15. The summed E-state index contributed by atoms with van der Waals surface area (Å²) < 4.78 is 2.44. The molecule has 0 unspecified atom stereocenters. The molecule has 0 fully saturated rings. The number of aromatic nitrogens is 4. The second-order valence-corrected chi connectivity index (χ2v) is 2.91. The van der Waals surface area contributed by atoms with Crippen LogP contribution in [-0.2, 0) is 0 Å². The van der Waals surface area contributed by atoms with Crippen molar-refractivity contribution in [2.45, 2.75) is 0 Å². The third-order valence-electron chi connectivity index (χ3n) is 2.15. The first-order chi connectivity index (χ1) is 6.79. The molecule has 0 aliphatic carbocycles. The van der Waals surface area contributed by atoms with Gasteiger partial charge in [0.15, 0.2) is 0 Å². The molecular weight excluding hydrogens is 184 g/mol. The minimum atomic E-state index is -0.283. The van der Waals surface area contributed by atoms with E-state index in [0.29, 0.717) is 0 Å². The fraction of sp³-hybridized carbons (Fsp3) is 0. The molecule has 0 saturated heterocycles. The highest BCUT2D eigenvalue weighted by Gasteiger charge is 2.09. The van der Waals surface area contributed by atoms with Crippen molar-refractivity contribution in [1.82, 2.24) is 18.8 Å². The van der Waals surface area contributed by atoms with Crippen LogP contribution < -0.4 is 11.1 Å². The van der Waals surface area contributed by atoms with Gasteiger partial charge in [-0.1, -0.05) is 0 Å². The number of nitrogens with zero attached hydrogens (tertiary/aromatic N) is 4. The number of imidazole rings is 2. The summed E-state index contributed by atoms with van der Waals surface area (Å²) in [5.74, 6) is 0. The topological polar surface area (TPSA) is 68.7 Å². The van der Waals surface area contributed by atoms with Crippen molar-refractivity contribution in [1.29, 1.82) is 0 Å². The lowest BCUT2D eigenvalue weighted by Crippen LogP contribution is -2.24. The van der Waals surface area contributed by atoms with Crippen LogP contribution in [0.15, 0.2) is 34.6 Å². The summed E-state index contributed by atoms with van der Waals surface area (Å²) in [6.45, 7) is 0. The van der Waals surface area contributed by atoms with Gasteiger partial charge in [-0.3, -0.25) is 18.4 Å². The first-order valence-electron chi connectivity index (χ1n) is 3.93. The van der Waals surface area contributed by atoms with Crippen molar-refractivity contribution >= 4 is 11.0 Å². The monoisotopic (exact) mass is 188 g/mol. The molecule has 68 valence electrons. The Bertz CT molecular complexity index is 610. The lowest BCUT2D eigenvalue weighted by Gasteiger charge is -1.93. The molecule has 0 atom stereocenters. The van der Waals surface area contributed by atoms with Crippen molar-refractivity contribution in [3.05, 3.63) is 45.8 Å². The zero-order valence-electron chi connectivity index (χ0n) is 6.91. The van der Waals surface area contributed by atoms with E-state index in [9.17, 15) is 9.59 Å². The van der Waals surface area contributed by atoms with Crippen LogP contribution in [0.3, 0.4) is 0 Å². The molecule has 3 rings (SSSR count). The van der Waals surface area contributed by atoms with Crippen LogP contribution in [0.1, 0.15) is 0 Å².